The van der Waals surface area contributed by atoms with Crippen LogP contribution in [-0.2, 0) is 11.2 Å². The Labute approximate surface area is 104 Å². The van der Waals surface area contributed by atoms with Crippen LogP contribution in [-0.4, -0.2) is 26.4 Å². The Morgan fingerprint density at radius 2 is 2.00 bits per heavy atom. The number of nitrogens with two attached hydrogens (primary N) is 1. The molecule has 1 aromatic rings. The molecule has 0 aromatic heterocycles. The summed E-state index contributed by atoms with van der Waals surface area (Å²) in [4.78, 5) is 0. The lowest BCUT2D eigenvalue weighted by atomic mass is 10.0. The van der Waals surface area contributed by atoms with Crippen molar-refractivity contribution in [1.29, 1.82) is 0 Å². The van der Waals surface area contributed by atoms with Crippen LogP contribution in [0.5, 0.6) is 5.75 Å². The number of hydrogen-bond donors (Lipinski definition) is 1. The molecule has 0 saturated heterocycles. The summed E-state index contributed by atoms with van der Waals surface area (Å²) < 4.78 is 10.7. The van der Waals surface area contributed by atoms with Crippen molar-refractivity contribution in [3.05, 3.63) is 29.8 Å². The largest absolute Gasteiger partial charge is 0.496 e. The molecule has 0 radical (unpaired) electrons. The van der Waals surface area contributed by atoms with Gasteiger partial charge in [0.1, 0.15) is 5.75 Å². The fourth-order valence-electron chi connectivity index (χ4n) is 1.74. The molecule has 1 aromatic carbocycles. The number of benzene rings is 1. The predicted octanol–water partition coefficient (Wildman–Crippen LogP) is 2.38. The summed E-state index contributed by atoms with van der Waals surface area (Å²) >= 11 is 0. The molecule has 0 fully saturated rings. The smallest absolute Gasteiger partial charge is 0.122 e. The van der Waals surface area contributed by atoms with Crippen molar-refractivity contribution in [2.75, 3.05) is 20.3 Å². The Bertz CT molecular complexity index is 315. The average molecular weight is 237 g/mol. The summed E-state index contributed by atoms with van der Waals surface area (Å²) in [6.07, 6.45) is 2.78. The van der Waals surface area contributed by atoms with Gasteiger partial charge in [-0.15, -0.1) is 0 Å². The first-order valence-electron chi connectivity index (χ1n) is 6.23. The van der Waals surface area contributed by atoms with Gasteiger partial charge in [-0.3, -0.25) is 0 Å². The Kier molecular flexibility index (Phi) is 6.67. The molecule has 0 aliphatic rings. The zero-order valence-electron chi connectivity index (χ0n) is 10.8. The molecular formula is C14H23NO2. The molecule has 0 saturated carbocycles. The van der Waals surface area contributed by atoms with Gasteiger partial charge in [-0.2, -0.15) is 0 Å². The number of rotatable bonds is 8. The predicted molar refractivity (Wildman–Crippen MR) is 70.4 cm³/mol. The van der Waals surface area contributed by atoms with Gasteiger partial charge in [-0.25, -0.2) is 0 Å². The average Bonchev–Trinajstić information content (AvgIpc) is 2.35. The normalized spacial score (nSPS) is 12.4. The van der Waals surface area contributed by atoms with Crippen LogP contribution in [0.4, 0.5) is 0 Å². The van der Waals surface area contributed by atoms with E-state index in [4.69, 9.17) is 15.2 Å². The Morgan fingerprint density at radius 3 is 2.71 bits per heavy atom. The van der Waals surface area contributed by atoms with E-state index < -0.39 is 0 Å². The topological polar surface area (TPSA) is 44.5 Å². The summed E-state index contributed by atoms with van der Waals surface area (Å²) in [6, 6.07) is 8.14. The highest BCUT2D eigenvalue weighted by molar-refractivity contribution is 5.33. The first-order valence-corrected chi connectivity index (χ1v) is 6.23. The van der Waals surface area contributed by atoms with Gasteiger partial charge < -0.3 is 15.2 Å². The highest BCUT2D eigenvalue weighted by atomic mass is 16.5. The molecule has 1 rings (SSSR count). The second-order valence-electron chi connectivity index (χ2n) is 4.18. The van der Waals surface area contributed by atoms with Crippen LogP contribution in [0.2, 0.25) is 0 Å². The van der Waals surface area contributed by atoms with Crippen molar-refractivity contribution in [3.8, 4) is 5.75 Å². The molecule has 0 heterocycles. The van der Waals surface area contributed by atoms with Gasteiger partial charge in [0.25, 0.3) is 0 Å². The van der Waals surface area contributed by atoms with Crippen molar-refractivity contribution in [2.24, 2.45) is 5.73 Å². The fraction of sp³-hybridized carbons (Fsp3) is 0.571. The van der Waals surface area contributed by atoms with Crippen molar-refractivity contribution < 1.29 is 9.47 Å². The second kappa shape index (κ2) is 8.09. The van der Waals surface area contributed by atoms with Crippen LogP contribution >= 0.6 is 0 Å². The molecule has 96 valence electrons. The van der Waals surface area contributed by atoms with Gasteiger partial charge in [-0.1, -0.05) is 25.1 Å². The molecule has 0 bridgehead atoms. The SMILES string of the molecule is CCCOCCC(N)Cc1ccccc1OC. The van der Waals surface area contributed by atoms with E-state index in [1.54, 1.807) is 7.11 Å². The molecule has 0 aliphatic heterocycles. The summed E-state index contributed by atoms with van der Waals surface area (Å²) in [7, 11) is 1.69. The third-order valence-electron chi connectivity index (χ3n) is 2.66. The van der Waals surface area contributed by atoms with E-state index in [-0.39, 0.29) is 6.04 Å². The van der Waals surface area contributed by atoms with E-state index >= 15 is 0 Å². The maximum atomic E-state index is 6.08. The van der Waals surface area contributed by atoms with Crippen LogP contribution in [0.25, 0.3) is 0 Å². The molecule has 0 amide bonds. The van der Waals surface area contributed by atoms with E-state index in [0.29, 0.717) is 0 Å². The number of para-hydroxylation sites is 1. The Morgan fingerprint density at radius 1 is 1.24 bits per heavy atom. The van der Waals surface area contributed by atoms with Crippen molar-refractivity contribution >= 4 is 0 Å². The van der Waals surface area contributed by atoms with Crippen molar-refractivity contribution in [2.45, 2.75) is 32.2 Å². The van der Waals surface area contributed by atoms with Gasteiger partial charge in [0, 0.05) is 19.3 Å². The molecule has 17 heavy (non-hydrogen) atoms. The fourth-order valence-corrected chi connectivity index (χ4v) is 1.74. The summed E-state index contributed by atoms with van der Waals surface area (Å²) in [5, 5.41) is 0. The molecule has 0 spiro atoms. The Balaban J connectivity index is 2.36. The minimum Gasteiger partial charge on any atom is -0.496 e. The van der Waals surface area contributed by atoms with Crippen molar-refractivity contribution in [1.82, 2.24) is 0 Å². The number of methoxy groups -OCH3 is 1. The monoisotopic (exact) mass is 237 g/mol. The lowest BCUT2D eigenvalue weighted by Gasteiger charge is -2.14. The zero-order valence-corrected chi connectivity index (χ0v) is 10.8. The first-order chi connectivity index (χ1) is 8.27. The van der Waals surface area contributed by atoms with E-state index in [1.807, 2.05) is 18.2 Å². The number of ether oxygens (including phenoxy) is 2. The van der Waals surface area contributed by atoms with Gasteiger partial charge in [-0.05, 0) is 30.9 Å². The van der Waals surface area contributed by atoms with E-state index in [1.165, 1.54) is 0 Å². The van der Waals surface area contributed by atoms with Crippen molar-refractivity contribution in [3.63, 3.8) is 0 Å². The summed E-state index contributed by atoms with van der Waals surface area (Å²) in [5.41, 5.74) is 7.24. The highest BCUT2D eigenvalue weighted by Crippen LogP contribution is 2.19. The van der Waals surface area contributed by atoms with E-state index in [2.05, 4.69) is 13.0 Å². The van der Waals surface area contributed by atoms with Gasteiger partial charge in [0.05, 0.1) is 7.11 Å². The van der Waals surface area contributed by atoms with Crippen LogP contribution in [0.1, 0.15) is 25.3 Å². The lowest BCUT2D eigenvalue weighted by molar-refractivity contribution is 0.127. The minimum absolute atomic E-state index is 0.128. The molecule has 2 N–H and O–H groups in total. The maximum Gasteiger partial charge on any atom is 0.122 e. The third-order valence-corrected chi connectivity index (χ3v) is 2.66. The molecule has 3 nitrogen and oxygen atoms in total. The minimum atomic E-state index is 0.128. The van der Waals surface area contributed by atoms with Crippen LogP contribution in [0, 0.1) is 0 Å². The van der Waals surface area contributed by atoms with Gasteiger partial charge >= 0.3 is 0 Å². The molecular weight excluding hydrogens is 214 g/mol. The van der Waals surface area contributed by atoms with Crippen LogP contribution < -0.4 is 10.5 Å². The zero-order chi connectivity index (χ0) is 12.5. The van der Waals surface area contributed by atoms with Crippen LogP contribution in [0.15, 0.2) is 24.3 Å². The number of hydrogen-bond acceptors (Lipinski definition) is 3. The van der Waals surface area contributed by atoms with Crippen LogP contribution in [0.3, 0.4) is 0 Å². The molecule has 0 aliphatic carbocycles. The van der Waals surface area contributed by atoms with Gasteiger partial charge in [0.15, 0.2) is 0 Å². The molecule has 3 heteroatoms. The second-order valence-corrected chi connectivity index (χ2v) is 4.18. The van der Waals surface area contributed by atoms with E-state index in [0.717, 1.165) is 43.8 Å². The molecule has 1 atom stereocenters. The Hall–Kier alpha value is -1.06. The third kappa shape index (κ3) is 5.20. The van der Waals surface area contributed by atoms with Gasteiger partial charge in [0.2, 0.25) is 0 Å². The standard InChI is InChI=1S/C14H23NO2/c1-3-9-17-10-8-13(15)11-12-6-4-5-7-14(12)16-2/h4-7,13H,3,8-11,15H2,1-2H3. The maximum absolute atomic E-state index is 6.08. The molecule has 1 unspecified atom stereocenters. The lowest BCUT2D eigenvalue weighted by Crippen LogP contribution is -2.25. The summed E-state index contributed by atoms with van der Waals surface area (Å²) in [6.45, 7) is 3.67. The summed E-state index contributed by atoms with van der Waals surface area (Å²) in [5.74, 6) is 0.914. The highest BCUT2D eigenvalue weighted by Gasteiger charge is 2.08. The first kappa shape index (κ1) is 14.0. The van der Waals surface area contributed by atoms with E-state index in [9.17, 15) is 0 Å². The quantitative estimate of drug-likeness (QED) is 0.706.